The van der Waals surface area contributed by atoms with Crippen molar-refractivity contribution >= 4 is 23.9 Å². The van der Waals surface area contributed by atoms with E-state index in [1.54, 1.807) is 4.90 Å². The summed E-state index contributed by atoms with van der Waals surface area (Å²) in [5.74, 6) is -2.19. The molecular formula is C53H74F4N4O7. The number of benzene rings is 3. The van der Waals surface area contributed by atoms with E-state index in [2.05, 4.69) is 32.2 Å². The quantitative estimate of drug-likeness (QED) is 0.0666. The van der Waals surface area contributed by atoms with Crippen LogP contribution in [-0.2, 0) is 31.9 Å². The number of amides is 3. The smallest absolute Gasteiger partial charge is 0.406 e. The van der Waals surface area contributed by atoms with Gasteiger partial charge in [-0.15, -0.1) is 0 Å². The summed E-state index contributed by atoms with van der Waals surface area (Å²) in [6.45, 7) is 9.18. The Morgan fingerprint density at radius 1 is 0.706 bits per heavy atom. The number of halogens is 4. The zero-order valence-corrected chi connectivity index (χ0v) is 40.9. The fourth-order valence-corrected chi connectivity index (χ4v) is 9.40. The topological polar surface area (TPSA) is 149 Å². The van der Waals surface area contributed by atoms with E-state index in [1.807, 2.05) is 39.8 Å². The van der Waals surface area contributed by atoms with E-state index >= 15 is 4.39 Å². The van der Waals surface area contributed by atoms with Crippen LogP contribution < -0.4 is 21.1 Å². The third-order valence-corrected chi connectivity index (χ3v) is 12.8. The van der Waals surface area contributed by atoms with Crippen molar-refractivity contribution in [1.29, 1.82) is 0 Å². The first-order valence-corrected chi connectivity index (χ1v) is 24.4. The van der Waals surface area contributed by atoms with Gasteiger partial charge in [-0.25, -0.2) is 27.2 Å². The van der Waals surface area contributed by atoms with Gasteiger partial charge in [-0.1, -0.05) is 71.2 Å². The zero-order valence-electron chi connectivity index (χ0n) is 40.9. The highest BCUT2D eigenvalue weighted by atomic mass is 19.1. The normalized spacial score (nSPS) is 16.6. The molecule has 15 heteroatoms. The lowest BCUT2D eigenvalue weighted by molar-refractivity contribution is -0.145. The summed E-state index contributed by atoms with van der Waals surface area (Å²) in [4.78, 5) is 51.1. The van der Waals surface area contributed by atoms with Crippen molar-refractivity contribution in [2.24, 2.45) is 23.5 Å². The molecule has 1 aliphatic heterocycles. The molecule has 376 valence electrons. The summed E-state index contributed by atoms with van der Waals surface area (Å²) < 4.78 is 71.7. The van der Waals surface area contributed by atoms with Gasteiger partial charge < -0.3 is 35.5 Å². The van der Waals surface area contributed by atoms with Gasteiger partial charge in [0.05, 0.1) is 32.9 Å². The second-order valence-electron chi connectivity index (χ2n) is 19.1. The maximum absolute atomic E-state index is 15.1. The molecule has 68 heavy (non-hydrogen) atoms. The van der Waals surface area contributed by atoms with Crippen LogP contribution in [0.5, 0.6) is 5.75 Å². The first-order valence-electron chi connectivity index (χ1n) is 24.4. The van der Waals surface area contributed by atoms with Crippen LogP contribution in [0.1, 0.15) is 139 Å². The van der Waals surface area contributed by atoms with Gasteiger partial charge >= 0.3 is 12.2 Å². The standard InChI is InChI=1S/C39H55F2N3O5.C14H19F2NO2/c1-26(2)21-30(25-43-39(47)48-3)31-23-33(41)36(24-32(31)40)49-20-9-5-6-11-27-15-17-28(18-16-27)22-35(45)37(29-12-7-4-8-13-29)44-19-10-14-34(42)38(44)46;1-9(2)6-10(8-17-14(18)19-3)12-7-11(15)4-5-13(12)16/h15-18,23-24,26,29-30,34,37H,4-14,19-22,25,42H2,1-3H3,(H,43,47);4-5,7,9-10H,6,8H2,1-3H3,(H,17,18)/t30-,34?,37?;10-/m11/s1. The monoisotopic (exact) mass is 955 g/mol. The van der Waals surface area contributed by atoms with Gasteiger partial charge in [0.15, 0.2) is 17.3 Å². The van der Waals surface area contributed by atoms with E-state index in [-0.39, 0.29) is 72.1 Å². The van der Waals surface area contributed by atoms with E-state index < -0.39 is 47.4 Å². The lowest BCUT2D eigenvalue weighted by atomic mass is 9.79. The second-order valence-corrected chi connectivity index (χ2v) is 19.1. The summed E-state index contributed by atoms with van der Waals surface area (Å²) in [7, 11) is 2.52. The van der Waals surface area contributed by atoms with Crippen molar-refractivity contribution in [3.63, 3.8) is 0 Å². The van der Waals surface area contributed by atoms with Crippen molar-refractivity contribution < 1.29 is 51.0 Å². The van der Waals surface area contributed by atoms with Crippen molar-refractivity contribution in [2.45, 2.75) is 142 Å². The van der Waals surface area contributed by atoms with Crippen LogP contribution in [0.2, 0.25) is 0 Å². The number of nitrogens with zero attached hydrogens (tertiary/aromatic N) is 1. The minimum Gasteiger partial charge on any atom is -0.490 e. The predicted molar refractivity (Wildman–Crippen MR) is 255 cm³/mol. The summed E-state index contributed by atoms with van der Waals surface area (Å²) in [6.07, 6.45) is 10.5. The number of methoxy groups -OCH3 is 2. The van der Waals surface area contributed by atoms with Crippen LogP contribution in [-0.4, -0.2) is 81.3 Å². The Morgan fingerprint density at radius 3 is 1.88 bits per heavy atom. The number of hydrogen-bond donors (Lipinski definition) is 3. The van der Waals surface area contributed by atoms with Gasteiger partial charge in [0.2, 0.25) is 5.91 Å². The first-order chi connectivity index (χ1) is 32.5. The molecule has 3 amide bonds. The maximum atomic E-state index is 15.1. The number of ketones is 1. The van der Waals surface area contributed by atoms with Crippen molar-refractivity contribution in [2.75, 3.05) is 40.5 Å². The molecule has 3 aromatic rings. The van der Waals surface area contributed by atoms with Gasteiger partial charge in [0, 0.05) is 44.0 Å². The molecule has 2 aliphatic rings. The number of likely N-dealkylation sites (tertiary alicyclic amines) is 1. The number of ether oxygens (including phenoxy) is 3. The molecule has 1 saturated heterocycles. The van der Waals surface area contributed by atoms with Gasteiger partial charge in [-0.2, -0.15) is 0 Å². The molecule has 0 radical (unpaired) electrons. The van der Waals surface area contributed by atoms with E-state index in [9.17, 15) is 32.3 Å². The minimum absolute atomic E-state index is 0.0804. The molecule has 1 aliphatic carbocycles. The third-order valence-electron chi connectivity index (χ3n) is 12.8. The summed E-state index contributed by atoms with van der Waals surface area (Å²) in [5, 5.41) is 5.12. The lowest BCUT2D eigenvalue weighted by Crippen LogP contribution is -2.57. The summed E-state index contributed by atoms with van der Waals surface area (Å²) in [6, 6.07) is 12.9. The number of hydrogen-bond acceptors (Lipinski definition) is 8. The number of carbonyl (C=O) groups excluding carboxylic acids is 4. The Kier molecular flexibility index (Phi) is 23.1. The van der Waals surface area contributed by atoms with Crippen LogP contribution in [0.4, 0.5) is 27.2 Å². The van der Waals surface area contributed by atoms with Gasteiger partial charge in [-0.05, 0) is 128 Å². The van der Waals surface area contributed by atoms with E-state index in [4.69, 9.17) is 10.5 Å². The number of nitrogens with one attached hydrogen (secondary N) is 2. The molecule has 1 heterocycles. The number of aryl methyl sites for hydroxylation is 1. The summed E-state index contributed by atoms with van der Waals surface area (Å²) >= 11 is 0. The SMILES string of the molecule is COC(=O)NC[C@@H](CC(C)C)c1cc(F)c(OCCCCCc2ccc(CC(=O)C(C3CCCCC3)N3CCCC(N)C3=O)cc2)cc1F.COC(=O)NC[C@@H](CC(C)C)c1cc(F)ccc1F. The van der Waals surface area contributed by atoms with E-state index in [1.165, 1.54) is 38.3 Å². The maximum Gasteiger partial charge on any atom is 0.406 e. The number of Topliss-reactive ketones (excluding diaryl/α,β-unsaturated/α-hetero) is 1. The van der Waals surface area contributed by atoms with E-state index in [0.29, 0.717) is 44.6 Å². The molecule has 5 rings (SSSR count). The number of carbonyl (C=O) groups is 4. The highest BCUT2D eigenvalue weighted by Gasteiger charge is 2.39. The molecule has 0 spiro atoms. The van der Waals surface area contributed by atoms with Gasteiger partial charge in [0.1, 0.15) is 17.5 Å². The molecule has 0 aromatic heterocycles. The van der Waals surface area contributed by atoms with Crippen LogP contribution in [0.25, 0.3) is 0 Å². The number of piperidine rings is 1. The molecule has 4 N–H and O–H groups in total. The molecule has 4 atom stereocenters. The number of unbranched alkanes of at least 4 members (excludes halogenated alkanes) is 2. The van der Waals surface area contributed by atoms with Crippen molar-refractivity contribution in [1.82, 2.24) is 15.5 Å². The van der Waals surface area contributed by atoms with Gasteiger partial charge in [0.25, 0.3) is 0 Å². The Bertz CT molecular complexity index is 2060. The molecule has 2 fully saturated rings. The second kappa shape index (κ2) is 28.3. The number of nitrogens with two attached hydrogens (primary N) is 1. The molecule has 2 unspecified atom stereocenters. The molecular weight excluding hydrogens is 881 g/mol. The van der Waals surface area contributed by atoms with Gasteiger partial charge in [-0.3, -0.25) is 9.59 Å². The number of alkyl carbamates (subject to hydrolysis) is 2. The molecule has 0 bridgehead atoms. The molecule has 3 aromatic carbocycles. The highest BCUT2D eigenvalue weighted by Crippen LogP contribution is 2.33. The van der Waals surface area contributed by atoms with Crippen molar-refractivity contribution in [3.8, 4) is 5.75 Å². The molecule has 1 saturated carbocycles. The number of rotatable bonds is 22. The van der Waals surface area contributed by atoms with E-state index in [0.717, 1.165) is 75.1 Å². The average molecular weight is 955 g/mol. The third kappa shape index (κ3) is 17.7. The lowest BCUT2D eigenvalue weighted by Gasteiger charge is -2.41. The largest absolute Gasteiger partial charge is 0.490 e. The van der Waals surface area contributed by atoms with Crippen LogP contribution in [0.15, 0.2) is 54.6 Å². The first kappa shape index (κ1) is 55.4. The fourth-order valence-electron chi connectivity index (χ4n) is 9.40. The van der Waals surface area contributed by atoms with Crippen molar-refractivity contribution in [3.05, 3.63) is 100 Å². The van der Waals surface area contributed by atoms with Crippen LogP contribution >= 0.6 is 0 Å². The Balaban J connectivity index is 0.000000444. The average Bonchev–Trinajstić information content (AvgIpc) is 3.31. The Labute approximate surface area is 400 Å². The highest BCUT2D eigenvalue weighted by molar-refractivity contribution is 5.92. The zero-order chi connectivity index (χ0) is 49.8. The fraction of sp³-hybridized carbons (Fsp3) is 0.585. The Hall–Kier alpha value is -5.18. The predicted octanol–water partition coefficient (Wildman–Crippen LogP) is 10.7. The minimum atomic E-state index is -0.627. The van der Waals surface area contributed by atoms with Crippen LogP contribution in [0, 0.1) is 41.0 Å². The summed E-state index contributed by atoms with van der Waals surface area (Å²) in [5.41, 5.74) is 8.71. The van der Waals surface area contributed by atoms with Crippen LogP contribution in [0.3, 0.4) is 0 Å². The molecule has 11 nitrogen and oxygen atoms in total. The Morgan fingerprint density at radius 2 is 1.29 bits per heavy atom.